The molecule has 0 saturated carbocycles. The monoisotopic (exact) mass is 365 g/mol. The Bertz CT molecular complexity index is 791. The molecule has 0 bridgehead atoms. The molecule has 1 aromatic heterocycles. The highest BCUT2D eigenvalue weighted by molar-refractivity contribution is 7.86. The highest BCUT2D eigenvalue weighted by Crippen LogP contribution is 2.37. The molecule has 136 valence electrons. The second-order valence-corrected chi connectivity index (χ2v) is 9.03. The van der Waals surface area contributed by atoms with Crippen molar-refractivity contribution >= 4 is 16.0 Å². The Kier molecular flexibility index (Phi) is 4.72. The predicted molar refractivity (Wildman–Crippen MR) is 93.0 cm³/mol. The van der Waals surface area contributed by atoms with Crippen LogP contribution in [-0.2, 0) is 10.2 Å². The normalized spacial score (nSPS) is 27.8. The molecule has 2 aliphatic heterocycles. The van der Waals surface area contributed by atoms with Crippen LogP contribution >= 0.6 is 0 Å². The number of rotatable bonds is 3. The van der Waals surface area contributed by atoms with Crippen molar-refractivity contribution in [1.82, 2.24) is 13.6 Å². The van der Waals surface area contributed by atoms with Crippen LogP contribution in [0.1, 0.15) is 18.5 Å². The van der Waals surface area contributed by atoms with E-state index in [1.165, 1.54) is 22.7 Å². The lowest BCUT2D eigenvalue weighted by Crippen LogP contribution is -2.61. The van der Waals surface area contributed by atoms with E-state index in [4.69, 9.17) is 5.26 Å². The minimum Gasteiger partial charge on any atom is -0.389 e. The van der Waals surface area contributed by atoms with E-state index in [2.05, 4.69) is 4.98 Å². The fraction of sp³-hybridized carbons (Fsp3) is 0.625. The van der Waals surface area contributed by atoms with Gasteiger partial charge in [0.15, 0.2) is 0 Å². The Morgan fingerprint density at radius 2 is 2.04 bits per heavy atom. The molecule has 0 aromatic carbocycles. The fourth-order valence-corrected chi connectivity index (χ4v) is 4.73. The lowest BCUT2D eigenvalue weighted by atomic mass is 9.76. The first-order valence-corrected chi connectivity index (χ1v) is 9.68. The number of nitriles is 1. The number of anilines is 1. The van der Waals surface area contributed by atoms with Gasteiger partial charge in [0.2, 0.25) is 0 Å². The zero-order valence-corrected chi connectivity index (χ0v) is 15.3. The van der Waals surface area contributed by atoms with Gasteiger partial charge in [0.05, 0.1) is 5.60 Å². The molecule has 2 fully saturated rings. The minimum atomic E-state index is -3.49. The van der Waals surface area contributed by atoms with Crippen molar-refractivity contribution in [3.05, 3.63) is 23.9 Å². The summed E-state index contributed by atoms with van der Waals surface area (Å²) in [6.45, 7) is 1.76. The van der Waals surface area contributed by atoms with Gasteiger partial charge in [-0.1, -0.05) is 6.07 Å². The fourth-order valence-electron chi connectivity index (χ4n) is 3.58. The maximum atomic E-state index is 12.4. The Labute approximate surface area is 148 Å². The lowest BCUT2D eigenvalue weighted by Gasteiger charge is -2.50. The maximum Gasteiger partial charge on any atom is 0.281 e. The first-order chi connectivity index (χ1) is 11.8. The average molecular weight is 365 g/mol. The number of hydrogen-bond acceptors (Lipinski definition) is 6. The maximum absolute atomic E-state index is 12.4. The van der Waals surface area contributed by atoms with E-state index >= 15 is 0 Å². The van der Waals surface area contributed by atoms with Crippen LogP contribution in [0.2, 0.25) is 0 Å². The smallest absolute Gasteiger partial charge is 0.281 e. The molecule has 25 heavy (non-hydrogen) atoms. The molecule has 2 atom stereocenters. The van der Waals surface area contributed by atoms with Gasteiger partial charge in [0.1, 0.15) is 17.6 Å². The molecule has 8 nitrogen and oxygen atoms in total. The summed E-state index contributed by atoms with van der Waals surface area (Å²) in [6.07, 6.45) is 0.996. The van der Waals surface area contributed by atoms with Crippen LogP contribution < -0.4 is 4.90 Å². The van der Waals surface area contributed by atoms with Crippen LogP contribution in [-0.4, -0.2) is 73.0 Å². The third-order valence-electron chi connectivity index (χ3n) is 5.19. The van der Waals surface area contributed by atoms with Gasteiger partial charge in [-0.05, 0) is 25.0 Å². The predicted octanol–water partition coefficient (Wildman–Crippen LogP) is 0.0228. The quantitative estimate of drug-likeness (QED) is 0.811. The number of fused-ring (bicyclic) bond motifs is 1. The molecule has 0 amide bonds. The Balaban J connectivity index is 1.80. The van der Waals surface area contributed by atoms with Gasteiger partial charge in [-0.3, -0.25) is 0 Å². The number of pyridine rings is 1. The third-order valence-corrected chi connectivity index (χ3v) is 7.10. The van der Waals surface area contributed by atoms with Crippen molar-refractivity contribution in [2.45, 2.75) is 18.4 Å². The SMILES string of the molecule is CN(C)S(=O)(=O)N1CC[C@]2(O)CCN(c3cccc(C#N)n3)C[C@@H]2C1. The van der Waals surface area contributed by atoms with Crippen LogP contribution in [0.25, 0.3) is 0 Å². The second kappa shape index (κ2) is 6.53. The summed E-state index contributed by atoms with van der Waals surface area (Å²) in [5.74, 6) is 0.492. The Morgan fingerprint density at radius 1 is 1.32 bits per heavy atom. The summed E-state index contributed by atoms with van der Waals surface area (Å²) >= 11 is 0. The van der Waals surface area contributed by atoms with Gasteiger partial charge >= 0.3 is 0 Å². The van der Waals surface area contributed by atoms with E-state index in [1.807, 2.05) is 17.0 Å². The van der Waals surface area contributed by atoms with E-state index in [0.29, 0.717) is 44.0 Å². The van der Waals surface area contributed by atoms with Crippen molar-refractivity contribution < 1.29 is 13.5 Å². The van der Waals surface area contributed by atoms with Crippen LogP contribution in [0.5, 0.6) is 0 Å². The number of aliphatic hydroxyl groups is 1. The molecule has 3 heterocycles. The molecule has 0 aliphatic carbocycles. The van der Waals surface area contributed by atoms with Crippen molar-refractivity contribution in [2.75, 3.05) is 45.2 Å². The van der Waals surface area contributed by atoms with Crippen LogP contribution in [0, 0.1) is 17.2 Å². The first-order valence-electron chi connectivity index (χ1n) is 8.28. The Hall–Kier alpha value is -1.73. The highest BCUT2D eigenvalue weighted by Gasteiger charge is 2.47. The molecule has 2 aliphatic rings. The van der Waals surface area contributed by atoms with Crippen molar-refractivity contribution in [2.24, 2.45) is 5.92 Å². The second-order valence-electron chi connectivity index (χ2n) is 6.89. The van der Waals surface area contributed by atoms with Crippen molar-refractivity contribution in [1.29, 1.82) is 5.26 Å². The van der Waals surface area contributed by atoms with E-state index in [0.717, 1.165) is 0 Å². The van der Waals surface area contributed by atoms with E-state index in [1.54, 1.807) is 12.1 Å². The largest absolute Gasteiger partial charge is 0.389 e. The van der Waals surface area contributed by atoms with Gasteiger partial charge in [-0.2, -0.15) is 22.3 Å². The summed E-state index contributed by atoms with van der Waals surface area (Å²) in [4.78, 5) is 6.33. The van der Waals surface area contributed by atoms with Gasteiger partial charge in [0.25, 0.3) is 10.2 Å². The molecule has 2 saturated heterocycles. The summed E-state index contributed by atoms with van der Waals surface area (Å²) < 4.78 is 27.5. The average Bonchev–Trinajstić information content (AvgIpc) is 2.60. The molecule has 0 unspecified atom stereocenters. The van der Waals surface area contributed by atoms with Gasteiger partial charge in [-0.25, -0.2) is 4.98 Å². The summed E-state index contributed by atoms with van der Waals surface area (Å²) in [7, 11) is -0.463. The molecule has 1 aromatic rings. The third kappa shape index (κ3) is 3.35. The summed E-state index contributed by atoms with van der Waals surface area (Å²) in [6, 6.07) is 7.30. The van der Waals surface area contributed by atoms with Crippen molar-refractivity contribution in [3.8, 4) is 6.07 Å². The molecule has 3 rings (SSSR count). The minimum absolute atomic E-state index is 0.197. The first kappa shape index (κ1) is 18.1. The zero-order chi connectivity index (χ0) is 18.2. The van der Waals surface area contributed by atoms with E-state index in [9.17, 15) is 13.5 Å². The van der Waals surface area contributed by atoms with E-state index < -0.39 is 15.8 Å². The molecule has 0 spiro atoms. The number of nitrogens with zero attached hydrogens (tertiary/aromatic N) is 5. The van der Waals surface area contributed by atoms with Crippen LogP contribution in [0.15, 0.2) is 18.2 Å². The number of hydrogen-bond donors (Lipinski definition) is 1. The Morgan fingerprint density at radius 3 is 2.72 bits per heavy atom. The van der Waals surface area contributed by atoms with E-state index in [-0.39, 0.29) is 12.5 Å². The molecule has 0 radical (unpaired) electrons. The molecular weight excluding hydrogens is 342 g/mol. The lowest BCUT2D eigenvalue weighted by molar-refractivity contribution is -0.0694. The number of piperidine rings is 2. The van der Waals surface area contributed by atoms with Gasteiger partial charge in [0, 0.05) is 46.2 Å². The molecule has 9 heteroatoms. The molecule has 1 N–H and O–H groups in total. The highest BCUT2D eigenvalue weighted by atomic mass is 32.2. The van der Waals surface area contributed by atoms with Crippen LogP contribution in [0.4, 0.5) is 5.82 Å². The zero-order valence-electron chi connectivity index (χ0n) is 14.5. The van der Waals surface area contributed by atoms with Gasteiger partial charge < -0.3 is 10.0 Å². The van der Waals surface area contributed by atoms with Crippen molar-refractivity contribution in [3.63, 3.8) is 0 Å². The molecular formula is C16H23N5O3S. The summed E-state index contributed by atoms with van der Waals surface area (Å²) in [5, 5.41) is 20.0. The van der Waals surface area contributed by atoms with Crippen LogP contribution in [0.3, 0.4) is 0 Å². The topological polar surface area (TPSA) is 101 Å². The summed E-state index contributed by atoms with van der Waals surface area (Å²) in [5.41, 5.74) is -0.499. The standard InChI is InChI=1S/C16H23N5O3S/c1-19(2)25(23,24)21-9-7-16(22)6-8-20(11-13(16)12-21)15-5-3-4-14(10-17)18-15/h3-5,13,22H,6-9,11-12H2,1-2H3/t13-,16-/m1/s1. The van der Waals surface area contributed by atoms with Gasteiger partial charge in [-0.15, -0.1) is 0 Å². The number of aromatic nitrogens is 1.